The summed E-state index contributed by atoms with van der Waals surface area (Å²) in [5.74, 6) is 1.05. The van der Waals surface area contributed by atoms with Gasteiger partial charge in [0.25, 0.3) is 0 Å². The molecule has 0 amide bonds. The van der Waals surface area contributed by atoms with E-state index in [1.807, 2.05) is 0 Å². The molecule has 0 heterocycles. The van der Waals surface area contributed by atoms with Gasteiger partial charge in [-0.1, -0.05) is 67.7 Å². The van der Waals surface area contributed by atoms with Crippen molar-refractivity contribution in [1.29, 1.82) is 5.26 Å². The summed E-state index contributed by atoms with van der Waals surface area (Å²) in [6.07, 6.45) is 6.83. The van der Waals surface area contributed by atoms with Crippen LogP contribution in [0.1, 0.15) is 87.0 Å². The van der Waals surface area contributed by atoms with Crippen LogP contribution in [0, 0.1) is 34.0 Å². The molecular weight excluding hydrogens is 230 g/mol. The minimum Gasteiger partial charge on any atom is -0.198 e. The summed E-state index contributed by atoms with van der Waals surface area (Å²) >= 11 is 0. The molecule has 0 saturated carbocycles. The van der Waals surface area contributed by atoms with Crippen LogP contribution in [0.5, 0.6) is 0 Å². The van der Waals surface area contributed by atoms with Gasteiger partial charge in [0, 0.05) is 0 Å². The van der Waals surface area contributed by atoms with Gasteiger partial charge in [-0.05, 0) is 36.5 Å². The van der Waals surface area contributed by atoms with Gasteiger partial charge in [-0.3, -0.25) is 0 Å². The Bertz CT molecular complexity index is 281. The molecule has 0 spiro atoms. The highest BCUT2D eigenvalue weighted by Crippen LogP contribution is 2.47. The lowest BCUT2D eigenvalue weighted by Crippen LogP contribution is -2.36. The van der Waals surface area contributed by atoms with E-state index in [9.17, 15) is 5.26 Å². The van der Waals surface area contributed by atoms with Gasteiger partial charge in [0.2, 0.25) is 0 Å². The van der Waals surface area contributed by atoms with Gasteiger partial charge in [0.15, 0.2) is 0 Å². The summed E-state index contributed by atoms with van der Waals surface area (Å²) in [6.45, 7) is 15.9. The van der Waals surface area contributed by atoms with E-state index in [1.54, 1.807) is 0 Å². The molecule has 3 atom stereocenters. The van der Waals surface area contributed by atoms with E-state index in [2.05, 4.69) is 54.5 Å². The summed E-state index contributed by atoms with van der Waals surface area (Å²) < 4.78 is 0. The molecule has 0 aliphatic carbocycles. The first-order chi connectivity index (χ1) is 8.77. The minimum absolute atomic E-state index is 0.118. The SMILES string of the molecule is CCCC(CC)C(C#N)(CCC(C)(C)C)C(C)CC. The van der Waals surface area contributed by atoms with Gasteiger partial charge >= 0.3 is 0 Å². The smallest absolute Gasteiger partial charge is 0.0695 e. The molecule has 0 aliphatic rings. The monoisotopic (exact) mass is 265 g/mol. The molecule has 112 valence electrons. The Morgan fingerprint density at radius 2 is 1.58 bits per heavy atom. The molecule has 0 aromatic carbocycles. The fourth-order valence-electron chi connectivity index (χ4n) is 3.23. The summed E-state index contributed by atoms with van der Waals surface area (Å²) in [4.78, 5) is 0. The second-order valence-electron chi connectivity index (χ2n) is 7.42. The molecule has 0 rings (SSSR count). The molecule has 0 aliphatic heterocycles. The number of nitrogens with zero attached hydrogens (tertiary/aromatic N) is 1. The standard InChI is InChI=1S/C18H35N/c1-8-11-16(10-3)18(14-19,15(4)9-2)13-12-17(5,6)7/h15-16H,8-13H2,1-7H3. The van der Waals surface area contributed by atoms with Crippen LogP contribution in [0.4, 0.5) is 0 Å². The number of hydrogen-bond acceptors (Lipinski definition) is 1. The lowest BCUT2D eigenvalue weighted by atomic mass is 9.61. The zero-order valence-electron chi connectivity index (χ0n) is 14.3. The van der Waals surface area contributed by atoms with Crippen molar-refractivity contribution >= 4 is 0 Å². The van der Waals surface area contributed by atoms with Gasteiger partial charge < -0.3 is 0 Å². The first-order valence-electron chi connectivity index (χ1n) is 8.18. The quantitative estimate of drug-likeness (QED) is 0.513. The number of rotatable bonds is 8. The molecule has 0 bridgehead atoms. The fraction of sp³-hybridized carbons (Fsp3) is 0.944. The van der Waals surface area contributed by atoms with Crippen LogP contribution < -0.4 is 0 Å². The normalized spacial score (nSPS) is 18.4. The van der Waals surface area contributed by atoms with E-state index < -0.39 is 0 Å². The van der Waals surface area contributed by atoms with E-state index in [0.29, 0.717) is 17.3 Å². The highest BCUT2D eigenvalue weighted by Gasteiger charge is 2.42. The maximum Gasteiger partial charge on any atom is 0.0695 e. The summed E-state index contributed by atoms with van der Waals surface area (Å²) in [7, 11) is 0. The van der Waals surface area contributed by atoms with Crippen LogP contribution in [-0.4, -0.2) is 0 Å². The third kappa shape index (κ3) is 5.17. The predicted molar refractivity (Wildman–Crippen MR) is 84.9 cm³/mol. The van der Waals surface area contributed by atoms with Gasteiger partial charge in [-0.2, -0.15) is 5.26 Å². The van der Waals surface area contributed by atoms with Crippen molar-refractivity contribution in [3.8, 4) is 6.07 Å². The average molecular weight is 265 g/mol. The lowest BCUT2D eigenvalue weighted by molar-refractivity contribution is 0.102. The molecule has 0 fully saturated rings. The van der Waals surface area contributed by atoms with Crippen molar-refractivity contribution in [1.82, 2.24) is 0 Å². The molecule has 0 aromatic rings. The molecule has 0 aromatic heterocycles. The van der Waals surface area contributed by atoms with Crippen molar-refractivity contribution in [3.63, 3.8) is 0 Å². The van der Waals surface area contributed by atoms with Crippen LogP contribution in [-0.2, 0) is 0 Å². The Morgan fingerprint density at radius 3 is 1.89 bits per heavy atom. The van der Waals surface area contributed by atoms with E-state index in [1.165, 1.54) is 12.8 Å². The molecular formula is C18H35N. The average Bonchev–Trinajstić information content (AvgIpc) is 2.36. The molecule has 19 heavy (non-hydrogen) atoms. The Morgan fingerprint density at radius 1 is 1.00 bits per heavy atom. The topological polar surface area (TPSA) is 23.8 Å². The van der Waals surface area contributed by atoms with Crippen LogP contribution >= 0.6 is 0 Å². The van der Waals surface area contributed by atoms with E-state index >= 15 is 0 Å². The van der Waals surface area contributed by atoms with E-state index in [4.69, 9.17) is 0 Å². The molecule has 3 unspecified atom stereocenters. The summed E-state index contributed by atoms with van der Waals surface area (Å²) in [5, 5.41) is 9.95. The van der Waals surface area contributed by atoms with Crippen LogP contribution in [0.25, 0.3) is 0 Å². The number of nitriles is 1. The van der Waals surface area contributed by atoms with Crippen LogP contribution in [0.2, 0.25) is 0 Å². The van der Waals surface area contributed by atoms with Crippen molar-refractivity contribution in [2.75, 3.05) is 0 Å². The van der Waals surface area contributed by atoms with Gasteiger partial charge in [-0.25, -0.2) is 0 Å². The van der Waals surface area contributed by atoms with Crippen LogP contribution in [0.3, 0.4) is 0 Å². The Balaban J connectivity index is 5.25. The first-order valence-corrected chi connectivity index (χ1v) is 8.18. The summed E-state index contributed by atoms with van der Waals surface area (Å²) in [5.41, 5.74) is 0.201. The Hall–Kier alpha value is -0.510. The fourth-order valence-corrected chi connectivity index (χ4v) is 3.23. The Labute approximate surface area is 121 Å². The van der Waals surface area contributed by atoms with Crippen molar-refractivity contribution in [2.24, 2.45) is 22.7 Å². The first kappa shape index (κ1) is 18.5. The highest BCUT2D eigenvalue weighted by molar-refractivity contribution is 5.05. The zero-order chi connectivity index (χ0) is 15.1. The largest absolute Gasteiger partial charge is 0.198 e. The predicted octanol–water partition coefficient (Wildman–Crippen LogP) is 6.20. The van der Waals surface area contributed by atoms with Gasteiger partial charge in [0.05, 0.1) is 11.5 Å². The molecule has 0 saturated heterocycles. The number of hydrogen-bond donors (Lipinski definition) is 0. The van der Waals surface area contributed by atoms with Gasteiger partial charge in [-0.15, -0.1) is 0 Å². The van der Waals surface area contributed by atoms with Gasteiger partial charge in [0.1, 0.15) is 0 Å². The molecule has 0 N–H and O–H groups in total. The molecule has 1 heteroatoms. The summed E-state index contributed by atoms with van der Waals surface area (Å²) in [6, 6.07) is 2.77. The highest BCUT2D eigenvalue weighted by atomic mass is 14.5. The third-order valence-electron chi connectivity index (χ3n) is 4.85. The lowest BCUT2D eigenvalue weighted by Gasteiger charge is -2.41. The van der Waals surface area contributed by atoms with E-state index in [0.717, 1.165) is 25.7 Å². The second-order valence-corrected chi connectivity index (χ2v) is 7.42. The maximum absolute atomic E-state index is 9.95. The Kier molecular flexibility index (Phi) is 7.72. The molecule has 0 radical (unpaired) electrons. The minimum atomic E-state index is -0.118. The van der Waals surface area contributed by atoms with Crippen LogP contribution in [0.15, 0.2) is 0 Å². The van der Waals surface area contributed by atoms with Crippen molar-refractivity contribution in [3.05, 3.63) is 0 Å². The molecule has 1 nitrogen and oxygen atoms in total. The second kappa shape index (κ2) is 7.93. The maximum atomic E-state index is 9.95. The van der Waals surface area contributed by atoms with E-state index in [-0.39, 0.29) is 5.41 Å². The zero-order valence-corrected chi connectivity index (χ0v) is 14.3. The van der Waals surface area contributed by atoms with Crippen molar-refractivity contribution < 1.29 is 0 Å². The van der Waals surface area contributed by atoms with Crippen molar-refractivity contribution in [2.45, 2.75) is 87.0 Å². The third-order valence-corrected chi connectivity index (χ3v) is 4.85.